The molecule has 1 heterocycles. The number of hydrogen-bond donors (Lipinski definition) is 3. The van der Waals surface area contributed by atoms with Gasteiger partial charge in [-0.25, -0.2) is 5.48 Å². The van der Waals surface area contributed by atoms with Crippen LogP contribution < -0.4 is 15.7 Å². The summed E-state index contributed by atoms with van der Waals surface area (Å²) in [5.74, 6) is -0.537. The minimum absolute atomic E-state index is 0.537. The molecule has 84 valence electrons. The van der Waals surface area contributed by atoms with Crippen molar-refractivity contribution in [3.05, 3.63) is 29.8 Å². The zero-order chi connectivity index (χ0) is 11.5. The van der Waals surface area contributed by atoms with Gasteiger partial charge in [-0.3, -0.25) is 10.0 Å². The van der Waals surface area contributed by atoms with E-state index < -0.39 is 5.91 Å². The molecule has 5 nitrogen and oxygen atoms in total. The number of nitrogens with one attached hydrogen (secondary N) is 2. The minimum atomic E-state index is -0.537. The van der Waals surface area contributed by atoms with Crippen LogP contribution in [0.25, 0.3) is 6.08 Å². The van der Waals surface area contributed by atoms with Crippen LogP contribution in [-0.2, 0) is 4.79 Å². The molecular formula is C11H13N3O2. The van der Waals surface area contributed by atoms with Gasteiger partial charge in [0, 0.05) is 13.1 Å². The number of nitrogens with zero attached hydrogens (tertiary/aromatic N) is 1. The molecule has 0 saturated heterocycles. The lowest BCUT2D eigenvalue weighted by Gasteiger charge is -2.09. The zero-order valence-corrected chi connectivity index (χ0v) is 8.90. The van der Waals surface area contributed by atoms with Crippen LogP contribution in [-0.4, -0.2) is 24.8 Å². The van der Waals surface area contributed by atoms with Crippen molar-refractivity contribution >= 4 is 23.4 Å². The first kappa shape index (κ1) is 10.5. The lowest BCUT2D eigenvalue weighted by atomic mass is 10.1. The molecule has 1 amide bonds. The van der Waals surface area contributed by atoms with E-state index in [2.05, 4.69) is 10.2 Å². The number of carbonyl (C=O) groups is 1. The second-order valence-corrected chi connectivity index (χ2v) is 3.62. The molecule has 5 heteroatoms. The fraction of sp³-hybridized carbons (Fsp3) is 0.182. The predicted molar refractivity (Wildman–Crippen MR) is 62.3 cm³/mol. The van der Waals surface area contributed by atoms with Crippen molar-refractivity contribution in [2.24, 2.45) is 0 Å². The molecule has 0 aliphatic carbocycles. The maximum absolute atomic E-state index is 10.8. The summed E-state index contributed by atoms with van der Waals surface area (Å²) in [4.78, 5) is 12.9. The van der Waals surface area contributed by atoms with Gasteiger partial charge in [0.1, 0.15) is 0 Å². The molecule has 0 radical (unpaired) electrons. The summed E-state index contributed by atoms with van der Waals surface area (Å²) in [5, 5.41) is 11.6. The maximum atomic E-state index is 10.8. The van der Waals surface area contributed by atoms with Crippen LogP contribution in [0.2, 0.25) is 0 Å². The Bertz CT molecular complexity index is 443. The Hall–Kier alpha value is -2.01. The van der Waals surface area contributed by atoms with Crippen LogP contribution in [0.3, 0.4) is 0 Å². The Morgan fingerprint density at radius 1 is 1.62 bits per heavy atom. The van der Waals surface area contributed by atoms with Gasteiger partial charge in [-0.15, -0.1) is 0 Å². The maximum Gasteiger partial charge on any atom is 0.267 e. The Labute approximate surface area is 93.3 Å². The Balaban J connectivity index is 2.19. The molecule has 1 aromatic carbocycles. The molecular weight excluding hydrogens is 206 g/mol. The average molecular weight is 219 g/mol. The zero-order valence-electron chi connectivity index (χ0n) is 8.90. The summed E-state index contributed by atoms with van der Waals surface area (Å²) < 4.78 is 0. The number of fused-ring (bicyclic) bond motifs is 1. The highest BCUT2D eigenvalue weighted by Gasteiger charge is 2.13. The topological polar surface area (TPSA) is 64.6 Å². The highest BCUT2D eigenvalue weighted by molar-refractivity contribution is 5.91. The molecule has 1 aliphatic heterocycles. The molecule has 0 saturated carbocycles. The fourth-order valence-electron chi connectivity index (χ4n) is 1.63. The van der Waals surface area contributed by atoms with Crippen molar-refractivity contribution in [2.45, 2.75) is 0 Å². The first-order chi connectivity index (χ1) is 7.70. The van der Waals surface area contributed by atoms with E-state index in [4.69, 9.17) is 5.21 Å². The van der Waals surface area contributed by atoms with Gasteiger partial charge in [0.2, 0.25) is 0 Å². The number of carbonyl (C=O) groups excluding carboxylic acids is 1. The minimum Gasteiger partial charge on any atom is -0.366 e. The van der Waals surface area contributed by atoms with Gasteiger partial charge in [0.15, 0.2) is 0 Å². The predicted octanol–water partition coefficient (Wildman–Crippen LogP) is 1.02. The summed E-state index contributed by atoms with van der Waals surface area (Å²) >= 11 is 0. The highest BCUT2D eigenvalue weighted by atomic mass is 16.5. The molecule has 1 aromatic rings. The summed E-state index contributed by atoms with van der Waals surface area (Å²) in [7, 11) is 2.01. The number of hydroxylamine groups is 1. The van der Waals surface area contributed by atoms with Crippen LogP contribution >= 0.6 is 0 Å². The van der Waals surface area contributed by atoms with Crippen molar-refractivity contribution in [3.63, 3.8) is 0 Å². The van der Waals surface area contributed by atoms with E-state index in [9.17, 15) is 4.79 Å². The summed E-state index contributed by atoms with van der Waals surface area (Å²) in [6.07, 6.45) is 2.92. The quantitative estimate of drug-likeness (QED) is 0.395. The van der Waals surface area contributed by atoms with Crippen LogP contribution in [0, 0.1) is 0 Å². The van der Waals surface area contributed by atoms with E-state index >= 15 is 0 Å². The Morgan fingerprint density at radius 2 is 2.44 bits per heavy atom. The first-order valence-corrected chi connectivity index (χ1v) is 4.92. The third kappa shape index (κ3) is 1.99. The number of anilines is 2. The summed E-state index contributed by atoms with van der Waals surface area (Å²) in [6, 6.07) is 5.87. The summed E-state index contributed by atoms with van der Waals surface area (Å²) in [5.41, 5.74) is 4.64. The van der Waals surface area contributed by atoms with Gasteiger partial charge in [0.05, 0.1) is 18.0 Å². The first-order valence-electron chi connectivity index (χ1n) is 4.92. The molecule has 0 fully saturated rings. The van der Waals surface area contributed by atoms with Crippen molar-refractivity contribution in [1.29, 1.82) is 0 Å². The monoisotopic (exact) mass is 219 g/mol. The normalized spacial score (nSPS) is 13.8. The summed E-state index contributed by atoms with van der Waals surface area (Å²) in [6.45, 7) is 0.791. The number of rotatable bonds is 2. The molecule has 0 spiro atoms. The SMILES string of the molecule is CN1CNc2cc(/C=C/C(=O)NO)ccc21. The lowest BCUT2D eigenvalue weighted by molar-refractivity contribution is -0.124. The molecule has 16 heavy (non-hydrogen) atoms. The third-order valence-corrected chi connectivity index (χ3v) is 2.48. The van der Waals surface area contributed by atoms with E-state index in [-0.39, 0.29) is 0 Å². The second-order valence-electron chi connectivity index (χ2n) is 3.62. The third-order valence-electron chi connectivity index (χ3n) is 2.48. The van der Waals surface area contributed by atoms with Crippen molar-refractivity contribution < 1.29 is 10.0 Å². The molecule has 0 aromatic heterocycles. The van der Waals surface area contributed by atoms with Gasteiger partial charge in [-0.2, -0.15) is 0 Å². The van der Waals surface area contributed by atoms with Gasteiger partial charge in [0.25, 0.3) is 5.91 Å². The van der Waals surface area contributed by atoms with E-state index in [1.807, 2.05) is 25.2 Å². The van der Waals surface area contributed by atoms with E-state index in [0.717, 1.165) is 23.6 Å². The lowest BCUT2D eigenvalue weighted by Crippen LogP contribution is -2.15. The van der Waals surface area contributed by atoms with Crippen LogP contribution in [0.15, 0.2) is 24.3 Å². The number of amides is 1. The second kappa shape index (κ2) is 4.24. The number of hydrogen-bond acceptors (Lipinski definition) is 4. The van der Waals surface area contributed by atoms with E-state index in [1.165, 1.54) is 6.08 Å². The molecule has 0 atom stereocenters. The highest BCUT2D eigenvalue weighted by Crippen LogP contribution is 2.30. The van der Waals surface area contributed by atoms with Crippen molar-refractivity contribution in [1.82, 2.24) is 5.48 Å². The largest absolute Gasteiger partial charge is 0.366 e. The van der Waals surface area contributed by atoms with E-state index in [1.54, 1.807) is 11.6 Å². The smallest absolute Gasteiger partial charge is 0.267 e. The van der Waals surface area contributed by atoms with Crippen LogP contribution in [0.5, 0.6) is 0 Å². The molecule has 1 aliphatic rings. The number of benzene rings is 1. The molecule has 2 rings (SSSR count). The average Bonchev–Trinajstić information content (AvgIpc) is 2.67. The fourth-order valence-corrected chi connectivity index (χ4v) is 1.63. The molecule has 3 N–H and O–H groups in total. The van der Waals surface area contributed by atoms with Crippen LogP contribution in [0.1, 0.15) is 5.56 Å². The van der Waals surface area contributed by atoms with Gasteiger partial charge in [-0.1, -0.05) is 6.07 Å². The van der Waals surface area contributed by atoms with E-state index in [0.29, 0.717) is 0 Å². The van der Waals surface area contributed by atoms with Crippen molar-refractivity contribution in [3.8, 4) is 0 Å². The van der Waals surface area contributed by atoms with Gasteiger partial charge < -0.3 is 10.2 Å². The standard InChI is InChI=1S/C11H13N3O2/c1-14-7-12-9-6-8(2-4-10(9)14)3-5-11(15)13-16/h2-6,12,16H,7H2,1H3,(H,13,15)/b5-3+. The molecule has 0 unspecified atom stereocenters. The Kier molecular flexibility index (Phi) is 2.78. The van der Waals surface area contributed by atoms with Gasteiger partial charge in [-0.05, 0) is 23.8 Å². The molecule has 0 bridgehead atoms. The van der Waals surface area contributed by atoms with Crippen LogP contribution in [0.4, 0.5) is 11.4 Å². The van der Waals surface area contributed by atoms with Crippen molar-refractivity contribution in [2.75, 3.05) is 23.9 Å². The van der Waals surface area contributed by atoms with Gasteiger partial charge >= 0.3 is 0 Å². The Morgan fingerprint density at radius 3 is 3.19 bits per heavy atom.